The lowest BCUT2D eigenvalue weighted by Crippen LogP contribution is -2.63. The first-order chi connectivity index (χ1) is 26.2. The number of rotatable bonds is 16. The lowest BCUT2D eigenvalue weighted by Gasteiger charge is -2.38. The quantitative estimate of drug-likeness (QED) is 0.154. The van der Waals surface area contributed by atoms with E-state index in [-0.39, 0.29) is 24.5 Å². The van der Waals surface area contributed by atoms with Crippen molar-refractivity contribution in [2.24, 2.45) is 16.7 Å². The van der Waals surface area contributed by atoms with Crippen LogP contribution in [0.25, 0.3) is 17.0 Å². The van der Waals surface area contributed by atoms with Crippen LogP contribution in [-0.4, -0.2) is 101 Å². The van der Waals surface area contributed by atoms with Gasteiger partial charge < -0.3 is 29.6 Å². The number of carbonyl (C=O) groups is 5. The van der Waals surface area contributed by atoms with Gasteiger partial charge in [-0.2, -0.15) is 0 Å². The molecule has 2 fully saturated rings. The summed E-state index contributed by atoms with van der Waals surface area (Å²) in [6.07, 6.45) is 3.87. The maximum atomic E-state index is 13.9. The zero-order valence-electron chi connectivity index (χ0n) is 32.8. The fourth-order valence-electron chi connectivity index (χ4n) is 5.98. The van der Waals surface area contributed by atoms with Gasteiger partial charge in [0.15, 0.2) is 0 Å². The molecule has 2 aliphatic heterocycles. The van der Waals surface area contributed by atoms with Crippen molar-refractivity contribution in [3.05, 3.63) is 47.7 Å². The number of ether oxygens (including phenoxy) is 4. The van der Waals surface area contributed by atoms with Gasteiger partial charge in [-0.25, -0.2) is 10.4 Å². The number of nitrogens with zero attached hydrogens (tertiary/aromatic N) is 2. The van der Waals surface area contributed by atoms with Crippen LogP contribution in [0.5, 0.6) is 0 Å². The van der Waals surface area contributed by atoms with E-state index in [1.54, 1.807) is 46.8 Å². The number of halogens is 3. The van der Waals surface area contributed by atoms with Crippen molar-refractivity contribution in [1.29, 1.82) is 0 Å². The molecule has 2 aromatic rings. The number of benzene rings is 1. The third kappa shape index (κ3) is 13.0. The number of esters is 2. The summed E-state index contributed by atoms with van der Waals surface area (Å²) in [7, 11) is 0. The van der Waals surface area contributed by atoms with Crippen LogP contribution in [0.1, 0.15) is 78.7 Å². The summed E-state index contributed by atoms with van der Waals surface area (Å²) < 4.78 is 19.9. The summed E-state index contributed by atoms with van der Waals surface area (Å²) in [5, 5.41) is 7.83. The third-order valence-corrected chi connectivity index (χ3v) is 9.70. The fourth-order valence-corrected chi connectivity index (χ4v) is 6.15. The molecule has 308 valence electrons. The molecule has 4 rings (SSSR count). The molecular formula is C39H52Cl3N5O9. The van der Waals surface area contributed by atoms with Crippen LogP contribution in [-0.2, 0) is 42.9 Å². The molecule has 1 aromatic heterocycles. The van der Waals surface area contributed by atoms with Gasteiger partial charge in [-0.1, -0.05) is 85.9 Å². The first-order valence-corrected chi connectivity index (χ1v) is 19.6. The Morgan fingerprint density at radius 1 is 1.09 bits per heavy atom. The number of fused-ring (bicyclic) bond motifs is 1. The van der Waals surface area contributed by atoms with Gasteiger partial charge in [0, 0.05) is 24.3 Å². The van der Waals surface area contributed by atoms with Crippen LogP contribution >= 0.6 is 34.8 Å². The van der Waals surface area contributed by atoms with Crippen molar-refractivity contribution < 1.29 is 42.9 Å². The van der Waals surface area contributed by atoms with Crippen molar-refractivity contribution in [3.8, 4) is 0 Å². The molecule has 0 spiro atoms. The summed E-state index contributed by atoms with van der Waals surface area (Å²) in [6.45, 7) is 13.0. The summed E-state index contributed by atoms with van der Waals surface area (Å²) >= 11 is 17.2. The van der Waals surface area contributed by atoms with Crippen LogP contribution in [0.3, 0.4) is 0 Å². The van der Waals surface area contributed by atoms with Crippen LogP contribution in [0.4, 0.5) is 0 Å². The van der Waals surface area contributed by atoms with Gasteiger partial charge in [0.2, 0.25) is 15.6 Å². The maximum Gasteiger partial charge on any atom is 0.325 e. The van der Waals surface area contributed by atoms with E-state index in [1.807, 2.05) is 37.3 Å². The predicted molar refractivity (Wildman–Crippen MR) is 212 cm³/mol. The molecule has 4 atom stereocenters. The number of hydrazine groups is 1. The van der Waals surface area contributed by atoms with Crippen molar-refractivity contribution in [2.75, 3.05) is 39.6 Å². The molecule has 3 heterocycles. The fraction of sp³-hybridized carbons (Fsp3) is 0.590. The zero-order chi connectivity index (χ0) is 41.4. The SMILES string of the molecule is CC(=O)O[C@H](C)c1ccc2ccc(C=CC(C)(C)C(=O)N[C@H](C(=O)N[C@@H](COCC3(C)COC3)C(=O)N3CCC[C@@H](C(=O)OCC(Cl)(Cl)Cl)N3)C(C)C)cc2n1. The number of carbonyl (C=O) groups excluding carboxylic acids is 5. The number of amides is 3. The number of hydrogen-bond donors (Lipinski definition) is 3. The summed E-state index contributed by atoms with van der Waals surface area (Å²) in [5.74, 6) is -2.98. The molecule has 2 saturated heterocycles. The largest absolute Gasteiger partial charge is 0.460 e. The van der Waals surface area contributed by atoms with Crippen molar-refractivity contribution >= 4 is 81.4 Å². The third-order valence-electron chi connectivity index (χ3n) is 9.38. The van der Waals surface area contributed by atoms with Gasteiger partial charge in [0.05, 0.1) is 43.1 Å². The minimum Gasteiger partial charge on any atom is -0.460 e. The molecule has 0 saturated carbocycles. The van der Waals surface area contributed by atoms with E-state index in [0.29, 0.717) is 43.9 Å². The van der Waals surface area contributed by atoms with E-state index >= 15 is 0 Å². The Hall–Kier alpha value is -3.53. The lowest BCUT2D eigenvalue weighted by atomic mass is 9.89. The summed E-state index contributed by atoms with van der Waals surface area (Å²) in [4.78, 5) is 70.4. The van der Waals surface area contributed by atoms with Gasteiger partial charge in [0.25, 0.3) is 5.91 Å². The van der Waals surface area contributed by atoms with E-state index < -0.39 is 69.7 Å². The van der Waals surface area contributed by atoms with Gasteiger partial charge in [0.1, 0.15) is 30.8 Å². The molecule has 2 aliphatic rings. The lowest BCUT2D eigenvalue weighted by molar-refractivity contribution is -0.156. The second kappa shape index (κ2) is 19.3. The smallest absolute Gasteiger partial charge is 0.325 e. The Bertz CT molecular complexity index is 1780. The van der Waals surface area contributed by atoms with E-state index in [1.165, 1.54) is 11.9 Å². The molecule has 0 radical (unpaired) electrons. The molecule has 0 aliphatic carbocycles. The Balaban J connectivity index is 1.45. The van der Waals surface area contributed by atoms with Crippen molar-refractivity contribution in [1.82, 2.24) is 26.1 Å². The summed E-state index contributed by atoms with van der Waals surface area (Å²) in [5.41, 5.74) is 3.70. The average molecular weight is 841 g/mol. The summed E-state index contributed by atoms with van der Waals surface area (Å²) in [6, 6.07) is 6.34. The first kappa shape index (κ1) is 45.2. The van der Waals surface area contributed by atoms with Crippen LogP contribution in [0, 0.1) is 16.7 Å². The van der Waals surface area contributed by atoms with Crippen LogP contribution in [0.15, 0.2) is 36.4 Å². The zero-order valence-corrected chi connectivity index (χ0v) is 35.1. The predicted octanol–water partition coefficient (Wildman–Crippen LogP) is 4.99. The van der Waals surface area contributed by atoms with Gasteiger partial charge in [-0.3, -0.25) is 29.0 Å². The first-order valence-electron chi connectivity index (χ1n) is 18.5. The molecular weight excluding hydrogens is 789 g/mol. The van der Waals surface area contributed by atoms with Crippen molar-refractivity contribution in [3.63, 3.8) is 0 Å². The number of pyridine rings is 1. The highest BCUT2D eigenvalue weighted by molar-refractivity contribution is 6.67. The molecule has 17 heteroatoms. The molecule has 1 aromatic carbocycles. The highest BCUT2D eigenvalue weighted by Crippen LogP contribution is 2.28. The van der Waals surface area contributed by atoms with Gasteiger partial charge in [-0.15, -0.1) is 0 Å². The second-order valence-corrected chi connectivity index (χ2v) is 18.1. The highest BCUT2D eigenvalue weighted by Gasteiger charge is 2.38. The highest BCUT2D eigenvalue weighted by atomic mass is 35.6. The molecule has 56 heavy (non-hydrogen) atoms. The molecule has 3 N–H and O–H groups in total. The van der Waals surface area contributed by atoms with E-state index in [4.69, 9.17) is 53.8 Å². The normalized spacial score (nSPS) is 18.8. The van der Waals surface area contributed by atoms with E-state index in [0.717, 1.165) is 10.9 Å². The topological polar surface area (TPSA) is 174 Å². The maximum absolute atomic E-state index is 13.9. The number of aromatic nitrogens is 1. The molecule has 14 nitrogen and oxygen atoms in total. The Morgan fingerprint density at radius 3 is 2.41 bits per heavy atom. The molecule has 3 amide bonds. The van der Waals surface area contributed by atoms with Gasteiger partial charge >= 0.3 is 11.9 Å². The van der Waals surface area contributed by atoms with Crippen LogP contribution in [0.2, 0.25) is 0 Å². The molecule has 0 bridgehead atoms. The minimum atomic E-state index is -1.80. The van der Waals surface area contributed by atoms with Crippen LogP contribution < -0.4 is 16.1 Å². The second-order valence-electron chi connectivity index (χ2n) is 15.6. The van der Waals surface area contributed by atoms with E-state index in [2.05, 4.69) is 21.0 Å². The standard InChI is InChI=1S/C39H52Cl3N5O9/c1-23(2)32(45-36(52)37(5,6)15-14-26-10-11-27-12-13-28(43-30(27)17-26)24(3)56-25(4)48)33(49)44-31(18-53-19-38(7)20-54-21-38)34(50)47-16-8-9-29(46-47)35(51)55-22-39(40,41)42/h10-15,17,23-24,29,31-32,46H,8-9,16,18-22H2,1-7H3,(H,44,49)(H,45,52)/t24-,29+,31+,32+/m1/s1. The number of hydrogen-bond acceptors (Lipinski definition) is 11. The van der Waals surface area contributed by atoms with Crippen molar-refractivity contribution in [2.45, 2.75) is 89.3 Å². The minimum absolute atomic E-state index is 0.168. The van der Waals surface area contributed by atoms with Gasteiger partial charge in [-0.05, 0) is 57.2 Å². The Labute approximate surface area is 342 Å². The monoisotopic (exact) mass is 839 g/mol. The number of alkyl halides is 3. The molecule has 0 unspecified atom stereocenters. The number of nitrogens with one attached hydrogen (secondary N) is 3. The Morgan fingerprint density at radius 2 is 1.79 bits per heavy atom. The average Bonchev–Trinajstić information content (AvgIpc) is 3.12. The Kier molecular flexibility index (Phi) is 15.6. The van der Waals surface area contributed by atoms with E-state index in [9.17, 15) is 24.0 Å².